The number of benzene rings is 2. The number of aliphatic carboxylic acids is 1. The topological polar surface area (TPSA) is 105 Å². The lowest BCUT2D eigenvalue weighted by atomic mass is 9.98. The first-order valence-electron chi connectivity index (χ1n) is 11.7. The van der Waals surface area contributed by atoms with Crippen molar-refractivity contribution in [1.82, 2.24) is 10.6 Å². The maximum atomic E-state index is 12.6. The summed E-state index contributed by atoms with van der Waals surface area (Å²) in [7, 11) is 0. The molecule has 7 nitrogen and oxygen atoms in total. The number of halogens is 2. The smallest absolute Gasteiger partial charge is 0.407 e. The summed E-state index contributed by atoms with van der Waals surface area (Å²) in [6.45, 7) is 2.07. The van der Waals surface area contributed by atoms with Gasteiger partial charge in [-0.15, -0.1) is 0 Å². The molecule has 1 aliphatic rings. The molecule has 0 aromatic heterocycles. The van der Waals surface area contributed by atoms with Gasteiger partial charge in [-0.3, -0.25) is 4.79 Å². The highest BCUT2D eigenvalue weighted by Gasteiger charge is 2.30. The lowest BCUT2D eigenvalue weighted by molar-refractivity contribution is -0.143. The molecule has 9 heteroatoms. The lowest BCUT2D eigenvalue weighted by Crippen LogP contribution is -2.45. The minimum atomic E-state index is -2.87. The highest BCUT2D eigenvalue weighted by atomic mass is 19.3. The van der Waals surface area contributed by atoms with Crippen LogP contribution in [0.15, 0.2) is 48.5 Å². The fourth-order valence-electron chi connectivity index (χ4n) is 4.36. The van der Waals surface area contributed by atoms with Crippen molar-refractivity contribution in [3.63, 3.8) is 0 Å². The summed E-state index contributed by atoms with van der Waals surface area (Å²) < 4.78 is 30.7. The number of rotatable bonds is 12. The van der Waals surface area contributed by atoms with Gasteiger partial charge >= 0.3 is 12.1 Å². The van der Waals surface area contributed by atoms with E-state index >= 15 is 0 Å². The van der Waals surface area contributed by atoms with E-state index in [1.54, 1.807) is 0 Å². The summed E-state index contributed by atoms with van der Waals surface area (Å²) in [4.78, 5) is 36.1. The molecule has 0 spiro atoms. The van der Waals surface area contributed by atoms with Crippen molar-refractivity contribution in [2.24, 2.45) is 0 Å². The van der Waals surface area contributed by atoms with Crippen LogP contribution in [-0.4, -0.2) is 48.2 Å². The molecule has 3 N–H and O–H groups in total. The molecule has 0 saturated heterocycles. The second-order valence-corrected chi connectivity index (χ2v) is 8.60. The normalized spacial score (nSPS) is 14.1. The molecule has 1 aliphatic carbocycles. The van der Waals surface area contributed by atoms with Crippen molar-refractivity contribution >= 4 is 18.0 Å². The van der Waals surface area contributed by atoms with Gasteiger partial charge in [0.25, 0.3) is 0 Å². The van der Waals surface area contributed by atoms with Gasteiger partial charge in [0.05, 0.1) is 0 Å². The Morgan fingerprint density at radius 3 is 2.14 bits per heavy atom. The second-order valence-electron chi connectivity index (χ2n) is 8.60. The predicted octanol–water partition coefficient (Wildman–Crippen LogP) is 4.70. The number of hydrogen-bond donors (Lipinski definition) is 3. The molecule has 0 bridgehead atoms. The number of alkyl halides is 2. The molecule has 2 aromatic carbocycles. The zero-order chi connectivity index (χ0) is 25.4. The SMILES string of the molecule is CCCCC(CC(=O)NC(CC(F)F)C(=O)O)NC(=O)OCC1c2ccccc2-c2ccccc21. The maximum absolute atomic E-state index is 12.6. The van der Waals surface area contributed by atoms with Crippen LogP contribution in [-0.2, 0) is 14.3 Å². The van der Waals surface area contributed by atoms with Gasteiger partial charge < -0.3 is 20.5 Å². The van der Waals surface area contributed by atoms with Crippen LogP contribution < -0.4 is 10.6 Å². The molecule has 2 aromatic rings. The van der Waals surface area contributed by atoms with E-state index in [-0.39, 0.29) is 18.9 Å². The molecule has 0 saturated carbocycles. The standard InChI is InChI=1S/C26H30F2N2O5/c1-2-3-8-16(13-24(31)30-22(25(32)33)14-23(27)28)29-26(34)35-15-21-19-11-6-4-9-17(19)18-10-5-7-12-20(18)21/h4-7,9-12,16,21-23H,2-3,8,13-15H2,1H3,(H,29,34)(H,30,31)(H,32,33). The summed E-state index contributed by atoms with van der Waals surface area (Å²) in [5.74, 6) is -2.37. The Labute approximate surface area is 202 Å². The molecule has 0 heterocycles. The second kappa shape index (κ2) is 12.3. The number of unbranched alkanes of at least 4 members (excludes halogenated alkanes) is 1. The number of carbonyl (C=O) groups is 3. The molecule has 2 amide bonds. The fraction of sp³-hybridized carbons (Fsp3) is 0.423. The van der Waals surface area contributed by atoms with Crippen molar-refractivity contribution in [2.45, 2.75) is 63.5 Å². The Balaban J connectivity index is 1.60. The van der Waals surface area contributed by atoms with E-state index < -0.39 is 42.9 Å². The van der Waals surface area contributed by atoms with Crippen molar-refractivity contribution in [2.75, 3.05) is 6.61 Å². The van der Waals surface area contributed by atoms with Crippen LogP contribution in [0, 0.1) is 0 Å². The van der Waals surface area contributed by atoms with Crippen molar-refractivity contribution < 1.29 is 33.0 Å². The predicted molar refractivity (Wildman–Crippen MR) is 126 cm³/mol. The zero-order valence-electron chi connectivity index (χ0n) is 19.5. The quantitative estimate of drug-likeness (QED) is 0.402. The summed E-state index contributed by atoms with van der Waals surface area (Å²) in [5, 5.41) is 13.9. The molecular weight excluding hydrogens is 458 g/mol. The number of carboxylic acids is 1. The summed E-state index contributed by atoms with van der Waals surface area (Å²) in [5.41, 5.74) is 4.35. The molecule has 2 atom stereocenters. The minimum Gasteiger partial charge on any atom is -0.480 e. The molecule has 2 unspecified atom stereocenters. The Kier molecular flexibility index (Phi) is 9.17. The number of alkyl carbamates (subject to hydrolysis) is 1. The van der Waals surface area contributed by atoms with Gasteiger partial charge in [0.1, 0.15) is 12.6 Å². The van der Waals surface area contributed by atoms with E-state index in [1.165, 1.54) is 0 Å². The molecule has 3 rings (SSSR count). The summed E-state index contributed by atoms with van der Waals surface area (Å²) in [6, 6.07) is 13.6. The van der Waals surface area contributed by atoms with Gasteiger partial charge in [0.2, 0.25) is 12.3 Å². The molecule has 35 heavy (non-hydrogen) atoms. The average molecular weight is 489 g/mol. The third-order valence-corrected chi connectivity index (χ3v) is 6.05. The molecular formula is C26H30F2N2O5. The summed E-state index contributed by atoms with van der Waals surface area (Å²) >= 11 is 0. The van der Waals surface area contributed by atoms with Crippen molar-refractivity contribution in [3.05, 3.63) is 59.7 Å². The van der Waals surface area contributed by atoms with Crippen molar-refractivity contribution in [3.8, 4) is 11.1 Å². The average Bonchev–Trinajstić information content (AvgIpc) is 3.14. The number of carbonyl (C=O) groups excluding carboxylic acids is 2. The Bertz CT molecular complexity index is 1000. The minimum absolute atomic E-state index is 0.113. The van der Waals surface area contributed by atoms with Crippen LogP contribution in [0.2, 0.25) is 0 Å². The largest absolute Gasteiger partial charge is 0.480 e. The first-order valence-corrected chi connectivity index (χ1v) is 11.7. The van der Waals surface area contributed by atoms with Gasteiger partial charge in [-0.25, -0.2) is 18.4 Å². The van der Waals surface area contributed by atoms with Crippen LogP contribution in [0.1, 0.15) is 56.1 Å². The van der Waals surface area contributed by atoms with Gasteiger partial charge in [0.15, 0.2) is 0 Å². The number of carboxylic acid groups (broad SMARTS) is 1. The number of fused-ring (bicyclic) bond motifs is 3. The monoisotopic (exact) mass is 488 g/mol. The number of nitrogens with one attached hydrogen (secondary N) is 2. The van der Waals surface area contributed by atoms with Crippen LogP contribution >= 0.6 is 0 Å². The summed E-state index contributed by atoms with van der Waals surface area (Å²) in [6.07, 6.45) is -2.80. The van der Waals surface area contributed by atoms with E-state index in [9.17, 15) is 23.2 Å². The molecule has 0 radical (unpaired) electrons. The molecule has 188 valence electrons. The first kappa shape index (κ1) is 26.1. The highest BCUT2D eigenvalue weighted by Crippen LogP contribution is 2.44. The van der Waals surface area contributed by atoms with E-state index in [0.29, 0.717) is 12.8 Å². The Hall–Kier alpha value is -3.49. The maximum Gasteiger partial charge on any atom is 0.407 e. The van der Waals surface area contributed by atoms with E-state index in [4.69, 9.17) is 9.84 Å². The molecule has 0 aliphatic heterocycles. The highest BCUT2D eigenvalue weighted by molar-refractivity contribution is 5.84. The Morgan fingerprint density at radius 1 is 1.00 bits per heavy atom. The van der Waals surface area contributed by atoms with Crippen molar-refractivity contribution in [1.29, 1.82) is 0 Å². The molecule has 0 fully saturated rings. The van der Waals surface area contributed by atoms with Crippen LogP contribution in [0.5, 0.6) is 0 Å². The first-order chi connectivity index (χ1) is 16.8. The van der Waals surface area contributed by atoms with Crippen LogP contribution in [0.4, 0.5) is 13.6 Å². The number of amides is 2. The fourth-order valence-corrected chi connectivity index (χ4v) is 4.36. The van der Waals surface area contributed by atoms with Crippen LogP contribution in [0.25, 0.3) is 11.1 Å². The van der Waals surface area contributed by atoms with Gasteiger partial charge in [-0.2, -0.15) is 0 Å². The van der Waals surface area contributed by atoms with E-state index in [0.717, 1.165) is 28.7 Å². The van der Waals surface area contributed by atoms with E-state index in [1.807, 2.05) is 55.5 Å². The zero-order valence-corrected chi connectivity index (χ0v) is 19.5. The van der Waals surface area contributed by atoms with Gasteiger partial charge in [-0.1, -0.05) is 68.3 Å². The third-order valence-electron chi connectivity index (χ3n) is 6.05. The number of hydrogen-bond acceptors (Lipinski definition) is 4. The third kappa shape index (κ3) is 7.00. The van der Waals surface area contributed by atoms with Crippen LogP contribution in [0.3, 0.4) is 0 Å². The Morgan fingerprint density at radius 2 is 1.60 bits per heavy atom. The van der Waals surface area contributed by atoms with Gasteiger partial charge in [-0.05, 0) is 28.7 Å². The number of ether oxygens (including phenoxy) is 1. The van der Waals surface area contributed by atoms with Gasteiger partial charge in [0, 0.05) is 24.8 Å². The lowest BCUT2D eigenvalue weighted by Gasteiger charge is -2.21. The van der Waals surface area contributed by atoms with E-state index in [2.05, 4.69) is 10.6 Å².